The van der Waals surface area contributed by atoms with E-state index in [9.17, 15) is 18.0 Å². The Morgan fingerprint density at radius 3 is 2.62 bits per heavy atom. The molecule has 0 aliphatic carbocycles. The van der Waals surface area contributed by atoms with Crippen LogP contribution in [0.1, 0.15) is 12.5 Å². The lowest BCUT2D eigenvalue weighted by Crippen LogP contribution is -2.42. The van der Waals surface area contributed by atoms with E-state index in [0.717, 1.165) is 0 Å². The summed E-state index contributed by atoms with van der Waals surface area (Å²) in [5, 5.41) is 5.40. The highest BCUT2D eigenvalue weighted by Crippen LogP contribution is 2.22. The molecule has 0 unspecified atom stereocenters. The number of hydrogen-bond acceptors (Lipinski definition) is 3. The van der Waals surface area contributed by atoms with Crippen LogP contribution in [0.25, 0.3) is 0 Å². The van der Waals surface area contributed by atoms with E-state index in [2.05, 4.69) is 20.4 Å². The van der Waals surface area contributed by atoms with Crippen molar-refractivity contribution in [3.05, 3.63) is 48.5 Å². The van der Waals surface area contributed by atoms with Crippen molar-refractivity contribution in [2.45, 2.75) is 32.4 Å². The minimum Gasteiger partial charge on any atom is -0.406 e. The molecular formula is C15H17F3N4O2. The Bertz CT molecular complexity index is 642. The van der Waals surface area contributed by atoms with Gasteiger partial charge in [-0.15, -0.1) is 13.2 Å². The molecule has 24 heavy (non-hydrogen) atoms. The third-order valence-electron chi connectivity index (χ3n) is 3.03. The van der Waals surface area contributed by atoms with Crippen molar-refractivity contribution >= 4 is 6.03 Å². The van der Waals surface area contributed by atoms with Crippen LogP contribution >= 0.6 is 0 Å². The lowest BCUT2D eigenvalue weighted by molar-refractivity contribution is -0.274. The number of carbonyl (C=O) groups is 1. The maximum atomic E-state index is 12.1. The minimum atomic E-state index is -4.72. The average Bonchev–Trinajstić information content (AvgIpc) is 2.97. The number of benzene rings is 1. The number of ether oxygens (including phenoxy) is 1. The van der Waals surface area contributed by atoms with E-state index in [1.54, 1.807) is 18.7 Å². The predicted octanol–water partition coefficient (Wildman–Crippen LogP) is 2.67. The molecule has 2 aromatic rings. The number of nitrogens with one attached hydrogen (secondary N) is 2. The minimum absolute atomic E-state index is 0.109. The van der Waals surface area contributed by atoms with Crippen molar-refractivity contribution in [1.82, 2.24) is 20.2 Å². The summed E-state index contributed by atoms with van der Waals surface area (Å²) in [6.45, 7) is 2.62. The highest BCUT2D eigenvalue weighted by atomic mass is 19.4. The van der Waals surface area contributed by atoms with Crippen molar-refractivity contribution in [2.24, 2.45) is 0 Å². The summed E-state index contributed by atoms with van der Waals surface area (Å²) in [6.07, 6.45) is 0.380. The highest BCUT2D eigenvalue weighted by molar-refractivity contribution is 5.74. The molecule has 0 aliphatic heterocycles. The first-order valence-electron chi connectivity index (χ1n) is 7.16. The van der Waals surface area contributed by atoms with Gasteiger partial charge in [-0.1, -0.05) is 12.1 Å². The van der Waals surface area contributed by atoms with E-state index >= 15 is 0 Å². The molecule has 2 N–H and O–H groups in total. The molecule has 130 valence electrons. The first-order valence-corrected chi connectivity index (χ1v) is 7.16. The summed E-state index contributed by atoms with van der Waals surface area (Å²) in [5.74, 6) is -0.301. The van der Waals surface area contributed by atoms with Gasteiger partial charge in [0, 0.05) is 31.5 Å². The second-order valence-corrected chi connectivity index (χ2v) is 5.18. The van der Waals surface area contributed by atoms with Gasteiger partial charge in [0.05, 0.1) is 6.33 Å². The van der Waals surface area contributed by atoms with Crippen molar-refractivity contribution < 1.29 is 22.7 Å². The summed E-state index contributed by atoms with van der Waals surface area (Å²) >= 11 is 0. The number of carbonyl (C=O) groups excluding carboxylic acids is 1. The number of imidazole rings is 1. The molecule has 2 amide bonds. The van der Waals surface area contributed by atoms with Gasteiger partial charge in [-0.05, 0) is 24.6 Å². The van der Waals surface area contributed by atoms with E-state index in [0.29, 0.717) is 12.1 Å². The van der Waals surface area contributed by atoms with Crippen LogP contribution in [-0.2, 0) is 13.1 Å². The monoisotopic (exact) mass is 342 g/mol. The van der Waals surface area contributed by atoms with E-state index in [4.69, 9.17) is 0 Å². The van der Waals surface area contributed by atoms with Gasteiger partial charge in [0.2, 0.25) is 0 Å². The Morgan fingerprint density at radius 2 is 2.04 bits per heavy atom. The zero-order valence-electron chi connectivity index (χ0n) is 12.9. The Labute approximate surface area is 136 Å². The summed E-state index contributed by atoms with van der Waals surface area (Å²) in [4.78, 5) is 15.7. The molecule has 0 radical (unpaired) electrons. The quantitative estimate of drug-likeness (QED) is 0.848. The summed E-state index contributed by atoms with van der Waals surface area (Å²) < 4.78 is 41.8. The van der Waals surface area contributed by atoms with Crippen LogP contribution in [0.2, 0.25) is 0 Å². The molecule has 0 spiro atoms. The molecule has 0 aliphatic rings. The van der Waals surface area contributed by atoms with Crippen LogP contribution < -0.4 is 15.4 Å². The number of halogens is 3. The van der Waals surface area contributed by atoms with Gasteiger partial charge in [-0.25, -0.2) is 9.78 Å². The van der Waals surface area contributed by atoms with E-state index in [1.165, 1.54) is 24.3 Å². The maximum absolute atomic E-state index is 12.1. The molecule has 2 rings (SSSR count). The Morgan fingerprint density at radius 1 is 1.33 bits per heavy atom. The van der Waals surface area contributed by atoms with Crippen LogP contribution in [0, 0.1) is 0 Å². The molecule has 9 heteroatoms. The number of rotatable bonds is 6. The highest BCUT2D eigenvalue weighted by Gasteiger charge is 2.30. The summed E-state index contributed by atoms with van der Waals surface area (Å²) in [7, 11) is 0. The Balaban J connectivity index is 1.75. The van der Waals surface area contributed by atoms with E-state index < -0.39 is 6.36 Å². The van der Waals surface area contributed by atoms with Crippen LogP contribution in [0.15, 0.2) is 43.0 Å². The van der Waals surface area contributed by atoms with Gasteiger partial charge in [-0.3, -0.25) is 0 Å². The van der Waals surface area contributed by atoms with E-state index in [-0.39, 0.29) is 24.4 Å². The maximum Gasteiger partial charge on any atom is 0.573 e. The van der Waals surface area contributed by atoms with Gasteiger partial charge < -0.3 is 19.9 Å². The predicted molar refractivity (Wildman–Crippen MR) is 80.2 cm³/mol. The standard InChI is InChI=1S/C15H17F3N4O2/c1-11(9-22-7-6-19-10-22)21-14(23)20-8-12-2-4-13(5-3-12)24-15(16,17)18/h2-7,10-11H,8-9H2,1H3,(H2,20,21,23)/t11-/m1/s1. The van der Waals surface area contributed by atoms with Crippen molar-refractivity contribution in [2.75, 3.05) is 0 Å². The first kappa shape index (κ1) is 17.6. The molecule has 0 saturated carbocycles. The third kappa shape index (κ3) is 6.19. The van der Waals surface area contributed by atoms with E-state index in [1.807, 2.05) is 11.5 Å². The lowest BCUT2D eigenvalue weighted by Gasteiger charge is -2.15. The molecule has 0 bridgehead atoms. The number of amides is 2. The molecule has 1 aromatic carbocycles. The smallest absolute Gasteiger partial charge is 0.406 e. The molecule has 6 nitrogen and oxygen atoms in total. The van der Waals surface area contributed by atoms with Crippen molar-refractivity contribution in [3.8, 4) is 5.75 Å². The van der Waals surface area contributed by atoms with Crippen molar-refractivity contribution in [3.63, 3.8) is 0 Å². The zero-order chi connectivity index (χ0) is 17.6. The molecule has 1 atom stereocenters. The summed E-state index contributed by atoms with van der Waals surface area (Å²) in [5.41, 5.74) is 0.655. The Hall–Kier alpha value is -2.71. The average molecular weight is 342 g/mol. The van der Waals surface area contributed by atoms with Gasteiger partial charge in [0.1, 0.15) is 5.75 Å². The topological polar surface area (TPSA) is 68.2 Å². The van der Waals surface area contributed by atoms with Gasteiger partial charge in [-0.2, -0.15) is 0 Å². The summed E-state index contributed by atoms with van der Waals surface area (Å²) in [6, 6.07) is 4.83. The van der Waals surface area contributed by atoms with Gasteiger partial charge in [0.25, 0.3) is 0 Å². The molecule has 1 aromatic heterocycles. The lowest BCUT2D eigenvalue weighted by atomic mass is 10.2. The third-order valence-corrected chi connectivity index (χ3v) is 3.03. The van der Waals surface area contributed by atoms with Gasteiger partial charge >= 0.3 is 12.4 Å². The van der Waals surface area contributed by atoms with Crippen LogP contribution in [0.5, 0.6) is 5.75 Å². The number of hydrogen-bond donors (Lipinski definition) is 2. The molecule has 0 fully saturated rings. The number of nitrogens with zero attached hydrogens (tertiary/aromatic N) is 2. The molecule has 1 heterocycles. The largest absolute Gasteiger partial charge is 0.573 e. The normalized spacial score (nSPS) is 12.5. The number of alkyl halides is 3. The van der Waals surface area contributed by atoms with Crippen LogP contribution in [0.4, 0.5) is 18.0 Å². The number of urea groups is 1. The second kappa shape index (κ2) is 7.71. The second-order valence-electron chi connectivity index (χ2n) is 5.18. The Kier molecular flexibility index (Phi) is 5.67. The van der Waals surface area contributed by atoms with Crippen LogP contribution in [0.3, 0.4) is 0 Å². The molecule has 0 saturated heterocycles. The fourth-order valence-corrected chi connectivity index (χ4v) is 2.02. The fourth-order valence-electron chi connectivity index (χ4n) is 2.02. The van der Waals surface area contributed by atoms with Crippen LogP contribution in [-0.4, -0.2) is 28.0 Å². The van der Waals surface area contributed by atoms with Gasteiger partial charge in [0.15, 0.2) is 0 Å². The van der Waals surface area contributed by atoms with Crippen molar-refractivity contribution in [1.29, 1.82) is 0 Å². The zero-order valence-corrected chi connectivity index (χ0v) is 12.9. The molecular weight excluding hydrogens is 325 g/mol. The first-order chi connectivity index (χ1) is 11.3. The number of aromatic nitrogens is 2. The SMILES string of the molecule is C[C@H](Cn1ccnc1)NC(=O)NCc1ccc(OC(F)(F)F)cc1. The fraction of sp³-hybridized carbons (Fsp3) is 0.333.